The van der Waals surface area contributed by atoms with Crippen molar-refractivity contribution >= 4 is 36.6 Å². The van der Waals surface area contributed by atoms with Crippen molar-refractivity contribution in [3.63, 3.8) is 0 Å². The SMILES string of the molecule is CCCN[C@@H]1C[C@H](NC(=O)OC(C)(C)C)[C@@H](O[C@H]2O[C@H](CNC(=O)OC(C)(C)C)[C@@H](O)[C@H](O)[C@H]2NC(=O)OC(C)(C)C)[C@H](O[C@@H]2O[C@H](CO)[C@@H](O[C@H]3O[C@@H](CNC(=O)OC(C)(C)C)[C@H]4O[C@@H]4[C@H]3NC(=O)OC(C)(C)C)[C@H]2O)[C@H]1NC(=O)OC(C)(C)C. The molecule has 1 aliphatic carbocycles. The van der Waals surface area contributed by atoms with Gasteiger partial charge in [-0.15, -0.1) is 0 Å². The first kappa shape index (κ1) is 71.9. The first-order valence-electron chi connectivity index (χ1n) is 29.3. The van der Waals surface area contributed by atoms with Crippen molar-refractivity contribution in [2.45, 2.75) is 294 Å². The van der Waals surface area contributed by atoms with Crippen LogP contribution in [0.25, 0.3) is 0 Å². The maximum atomic E-state index is 14.1. The number of aliphatic hydroxyl groups excluding tert-OH is 4. The number of fused-ring (bicyclic) bond motifs is 1. The maximum Gasteiger partial charge on any atom is 0.408 e. The molecule has 19 atom stereocenters. The number of hydrogen-bond acceptors (Lipinski definition) is 24. The average Bonchev–Trinajstić information content (AvgIpc) is 1.57. The first-order chi connectivity index (χ1) is 39.4. The van der Waals surface area contributed by atoms with Crippen molar-refractivity contribution in [3.05, 3.63) is 0 Å². The highest BCUT2D eigenvalue weighted by molar-refractivity contribution is 5.70. The number of aliphatic hydroxyl groups is 4. The van der Waals surface area contributed by atoms with E-state index in [9.17, 15) is 49.2 Å². The summed E-state index contributed by atoms with van der Waals surface area (Å²) in [5.41, 5.74) is -5.88. The zero-order valence-corrected chi connectivity index (χ0v) is 53.3. The molecule has 496 valence electrons. The van der Waals surface area contributed by atoms with Gasteiger partial charge in [0.25, 0.3) is 0 Å². The molecular formula is C56H99N7O23. The molecule has 4 saturated heterocycles. The summed E-state index contributed by atoms with van der Waals surface area (Å²) in [4.78, 5) is 80.9. The minimum atomic E-state index is -1.93. The average molecular weight is 1240 g/mol. The summed E-state index contributed by atoms with van der Waals surface area (Å²) >= 11 is 0. The highest BCUT2D eigenvalue weighted by atomic mass is 16.8. The summed E-state index contributed by atoms with van der Waals surface area (Å²) in [6, 6.07) is -6.21. The van der Waals surface area contributed by atoms with Gasteiger partial charge in [0, 0.05) is 19.1 Å². The van der Waals surface area contributed by atoms with E-state index in [1.165, 1.54) is 0 Å². The van der Waals surface area contributed by atoms with Gasteiger partial charge in [0.15, 0.2) is 18.9 Å². The molecule has 0 aromatic rings. The van der Waals surface area contributed by atoms with Gasteiger partial charge in [-0.25, -0.2) is 28.8 Å². The number of amides is 6. The van der Waals surface area contributed by atoms with E-state index in [1.807, 2.05) is 6.92 Å². The fourth-order valence-corrected chi connectivity index (χ4v) is 9.81. The van der Waals surface area contributed by atoms with Gasteiger partial charge in [-0.2, -0.15) is 0 Å². The molecule has 86 heavy (non-hydrogen) atoms. The van der Waals surface area contributed by atoms with E-state index in [0.29, 0.717) is 13.0 Å². The van der Waals surface area contributed by atoms with Crippen LogP contribution in [0.3, 0.4) is 0 Å². The Kier molecular flexibility index (Phi) is 24.0. The molecule has 0 aromatic heterocycles. The molecule has 30 heteroatoms. The Balaban J connectivity index is 1.62. The lowest BCUT2D eigenvalue weighted by Crippen LogP contribution is -2.72. The molecule has 0 bridgehead atoms. The number of nitrogens with one attached hydrogen (secondary N) is 7. The van der Waals surface area contributed by atoms with Crippen molar-refractivity contribution in [2.24, 2.45) is 0 Å². The van der Waals surface area contributed by atoms with E-state index in [1.54, 1.807) is 125 Å². The fourth-order valence-electron chi connectivity index (χ4n) is 9.81. The van der Waals surface area contributed by atoms with Crippen LogP contribution in [0.2, 0.25) is 0 Å². The Hall–Kier alpha value is -4.86. The predicted molar refractivity (Wildman–Crippen MR) is 302 cm³/mol. The summed E-state index contributed by atoms with van der Waals surface area (Å²) < 4.78 is 78.8. The summed E-state index contributed by atoms with van der Waals surface area (Å²) in [6.45, 7) is 30.4. The second-order valence-corrected chi connectivity index (χ2v) is 28.0. The fraction of sp³-hybridized carbons (Fsp3) is 0.893. The van der Waals surface area contributed by atoms with Crippen LogP contribution in [-0.4, -0.2) is 233 Å². The van der Waals surface area contributed by atoms with Crippen molar-refractivity contribution < 1.29 is 111 Å². The van der Waals surface area contributed by atoms with Crippen LogP contribution >= 0.6 is 0 Å². The molecule has 4 heterocycles. The molecule has 5 rings (SSSR count). The van der Waals surface area contributed by atoms with Gasteiger partial charge in [0.1, 0.15) is 113 Å². The van der Waals surface area contributed by atoms with Crippen LogP contribution in [0.4, 0.5) is 28.8 Å². The maximum absolute atomic E-state index is 14.1. The Labute approximate surface area is 503 Å². The van der Waals surface area contributed by atoms with Crippen molar-refractivity contribution in [1.29, 1.82) is 0 Å². The van der Waals surface area contributed by atoms with Crippen molar-refractivity contribution in [2.75, 3.05) is 26.2 Å². The van der Waals surface area contributed by atoms with Gasteiger partial charge in [-0.05, 0) is 144 Å². The highest BCUT2D eigenvalue weighted by Gasteiger charge is 2.61. The lowest BCUT2D eigenvalue weighted by Gasteiger charge is -2.50. The summed E-state index contributed by atoms with van der Waals surface area (Å²) in [5, 5.41) is 66.7. The number of rotatable bonds is 18. The standard InChI is InChI=1S/C56H99N7O23/c1-20-21-57-26-22-27(60-47(70)83-53(8,9)10)37(78-42-32(62-49(72)85-55(14,15)16)35(66)34(65)28(74-42)23-58-45(68)81-51(2,3)4)40(31(26)61-48(71)84-54(11,12)13)80-44-36(67)38(30(25-64)76-44)79-43-33(63-50(73)86-56(17,18)19)41-39(77-41)29(75-43)24-59-46(69)82-52(5,6)7/h26-44,57,64-67H,20-25H2,1-19H3,(H,58,68)(H,59,69)(H,60,70)(H,61,71)(H,62,72)(H,63,73)/t26-,27+,28-,29+,30-,31+,32-,33-,34-,35-,36-,37-,38-,39-,40-,41-,42-,43-,44+/m1/s1. The minimum absolute atomic E-state index is 0.0890. The summed E-state index contributed by atoms with van der Waals surface area (Å²) in [5.74, 6) is 0. The monoisotopic (exact) mass is 1240 g/mol. The van der Waals surface area contributed by atoms with Gasteiger partial charge >= 0.3 is 36.6 Å². The predicted octanol–water partition coefficient (Wildman–Crippen LogP) is 2.55. The molecule has 5 fully saturated rings. The topological polar surface area (TPSA) is 391 Å². The molecule has 6 amide bonds. The lowest BCUT2D eigenvalue weighted by molar-refractivity contribution is -0.304. The molecule has 5 aliphatic rings. The smallest absolute Gasteiger partial charge is 0.408 e. The highest BCUT2D eigenvalue weighted by Crippen LogP contribution is 2.41. The number of epoxide rings is 1. The minimum Gasteiger partial charge on any atom is -0.444 e. The van der Waals surface area contributed by atoms with Crippen molar-refractivity contribution in [3.8, 4) is 0 Å². The van der Waals surface area contributed by atoms with E-state index >= 15 is 0 Å². The molecular weight excluding hydrogens is 1140 g/mol. The van der Waals surface area contributed by atoms with E-state index in [2.05, 4.69) is 37.2 Å². The molecule has 11 N–H and O–H groups in total. The third kappa shape index (κ3) is 22.3. The first-order valence-corrected chi connectivity index (χ1v) is 29.3. The van der Waals surface area contributed by atoms with E-state index in [0.717, 1.165) is 0 Å². The van der Waals surface area contributed by atoms with Crippen LogP contribution in [0.1, 0.15) is 144 Å². The van der Waals surface area contributed by atoms with Gasteiger partial charge in [0.2, 0.25) is 0 Å². The Morgan fingerprint density at radius 3 is 1.29 bits per heavy atom. The normalized spacial score (nSPS) is 33.2. The second kappa shape index (κ2) is 28.7. The molecule has 1 saturated carbocycles. The molecule has 30 nitrogen and oxygen atoms in total. The third-order valence-electron chi connectivity index (χ3n) is 13.0. The Bertz CT molecular complexity index is 2280. The van der Waals surface area contributed by atoms with E-state index in [-0.39, 0.29) is 13.0 Å². The molecule has 0 spiro atoms. The molecule has 0 radical (unpaired) electrons. The van der Waals surface area contributed by atoms with Gasteiger partial charge in [0.05, 0.1) is 18.7 Å². The molecule has 0 unspecified atom stereocenters. The number of alkyl carbamates (subject to hydrolysis) is 6. The number of hydrogen-bond donors (Lipinski definition) is 11. The third-order valence-corrected chi connectivity index (χ3v) is 13.0. The Morgan fingerprint density at radius 2 is 0.814 bits per heavy atom. The van der Waals surface area contributed by atoms with Crippen LogP contribution in [0.5, 0.6) is 0 Å². The van der Waals surface area contributed by atoms with Crippen LogP contribution in [0.15, 0.2) is 0 Å². The zero-order chi connectivity index (χ0) is 64.8. The van der Waals surface area contributed by atoms with E-state index in [4.69, 9.17) is 61.6 Å². The molecule has 4 aliphatic heterocycles. The van der Waals surface area contributed by atoms with Gasteiger partial charge < -0.3 is 119 Å². The Morgan fingerprint density at radius 1 is 0.419 bits per heavy atom. The van der Waals surface area contributed by atoms with Gasteiger partial charge in [-0.3, -0.25) is 0 Å². The summed E-state index contributed by atoms with van der Waals surface area (Å²) in [6.07, 6.45) is -25.9. The number of carbonyl (C=O) groups is 6. The van der Waals surface area contributed by atoms with Crippen LogP contribution < -0.4 is 37.2 Å². The summed E-state index contributed by atoms with van der Waals surface area (Å²) in [7, 11) is 0. The van der Waals surface area contributed by atoms with Crippen LogP contribution in [-0.2, 0) is 61.6 Å². The van der Waals surface area contributed by atoms with E-state index < -0.39 is 200 Å². The van der Waals surface area contributed by atoms with Crippen molar-refractivity contribution in [1.82, 2.24) is 37.2 Å². The quantitative estimate of drug-likeness (QED) is 0.0694. The number of ether oxygens (including phenoxy) is 13. The molecule has 0 aromatic carbocycles. The zero-order valence-electron chi connectivity index (χ0n) is 53.3. The number of carbonyl (C=O) groups excluding carboxylic acids is 6. The van der Waals surface area contributed by atoms with Gasteiger partial charge in [-0.1, -0.05) is 6.92 Å². The second-order valence-electron chi connectivity index (χ2n) is 28.0. The largest absolute Gasteiger partial charge is 0.444 e. The lowest BCUT2D eigenvalue weighted by atomic mass is 9.81. The van der Waals surface area contributed by atoms with Crippen LogP contribution in [0, 0.1) is 0 Å².